The minimum atomic E-state index is -3.50. The van der Waals surface area contributed by atoms with Gasteiger partial charge >= 0.3 is 6.61 Å². The highest BCUT2D eigenvalue weighted by atomic mass is 32.2. The molecule has 0 saturated heterocycles. The number of aromatic amines is 1. The zero-order valence-corrected chi connectivity index (χ0v) is 20.5. The van der Waals surface area contributed by atoms with Crippen LogP contribution in [0, 0.1) is 0 Å². The van der Waals surface area contributed by atoms with Crippen molar-refractivity contribution in [1.29, 1.82) is 0 Å². The van der Waals surface area contributed by atoms with Gasteiger partial charge in [-0.2, -0.15) is 8.78 Å². The fourth-order valence-corrected chi connectivity index (χ4v) is 4.22. The predicted octanol–water partition coefficient (Wildman–Crippen LogP) is 5.39. The smallest absolute Gasteiger partial charge is 0.388 e. The number of H-pyrrole nitrogens is 1. The Morgan fingerprint density at radius 2 is 1.74 bits per heavy atom. The summed E-state index contributed by atoms with van der Waals surface area (Å²) in [6.07, 6.45) is 4.18. The third-order valence-electron chi connectivity index (χ3n) is 5.25. The maximum absolute atomic E-state index is 12.9. The molecule has 4 heterocycles. The molecule has 13 heteroatoms. The Labute approximate surface area is 215 Å². The van der Waals surface area contributed by atoms with Crippen molar-refractivity contribution in [3.8, 4) is 40.4 Å². The molecule has 5 aromatic rings. The molecule has 0 fully saturated rings. The first-order valence-corrected chi connectivity index (χ1v) is 12.9. The second-order valence-electron chi connectivity index (χ2n) is 7.74. The van der Waals surface area contributed by atoms with E-state index in [2.05, 4.69) is 29.7 Å². The third kappa shape index (κ3) is 5.37. The lowest BCUT2D eigenvalue weighted by molar-refractivity contribution is -0.0541. The number of rotatable bonds is 9. The first-order chi connectivity index (χ1) is 18.3. The molecule has 0 radical (unpaired) electrons. The van der Waals surface area contributed by atoms with E-state index in [0.717, 1.165) is 0 Å². The minimum Gasteiger partial charge on any atom is -0.452 e. The van der Waals surface area contributed by atoms with Crippen LogP contribution in [0.2, 0.25) is 0 Å². The van der Waals surface area contributed by atoms with E-state index in [1.54, 1.807) is 30.5 Å². The van der Waals surface area contributed by atoms with E-state index in [0.29, 0.717) is 22.6 Å². The number of nitrogens with one attached hydrogen (secondary N) is 1. The number of imidazole rings is 1. The SMILES string of the molecule is CCS(=O)(=O)c1ccc(Oc2cc3[nH]c(-c4ccccn4)nc3cc2Oc2cccnc2OC(F)F)cn1. The Kier molecular flexibility index (Phi) is 6.83. The van der Waals surface area contributed by atoms with E-state index in [4.69, 9.17) is 9.47 Å². The van der Waals surface area contributed by atoms with Crippen LogP contribution in [0.3, 0.4) is 0 Å². The number of benzene rings is 1. The third-order valence-corrected chi connectivity index (χ3v) is 6.89. The van der Waals surface area contributed by atoms with E-state index >= 15 is 0 Å². The summed E-state index contributed by atoms with van der Waals surface area (Å²) in [6, 6.07) is 14.2. The maximum Gasteiger partial charge on any atom is 0.388 e. The lowest BCUT2D eigenvalue weighted by Crippen LogP contribution is -2.05. The molecule has 0 atom stereocenters. The minimum absolute atomic E-state index is 0.0833. The van der Waals surface area contributed by atoms with Gasteiger partial charge in [0.05, 0.1) is 23.0 Å². The van der Waals surface area contributed by atoms with Gasteiger partial charge in [0.15, 0.2) is 37.9 Å². The summed E-state index contributed by atoms with van der Waals surface area (Å²) < 4.78 is 66.3. The molecule has 10 nitrogen and oxygen atoms in total. The number of fused-ring (bicyclic) bond motifs is 1. The molecule has 194 valence electrons. The fourth-order valence-electron chi connectivity index (χ4n) is 3.43. The highest BCUT2D eigenvalue weighted by Crippen LogP contribution is 2.40. The van der Waals surface area contributed by atoms with Crippen LogP contribution in [0.15, 0.2) is 78.2 Å². The van der Waals surface area contributed by atoms with Crippen LogP contribution in [-0.2, 0) is 9.84 Å². The molecule has 4 aromatic heterocycles. The van der Waals surface area contributed by atoms with Crippen LogP contribution in [0.4, 0.5) is 8.78 Å². The summed E-state index contributed by atoms with van der Waals surface area (Å²) in [5.41, 5.74) is 1.66. The number of hydrogen-bond donors (Lipinski definition) is 1. The molecule has 0 aliphatic carbocycles. The zero-order chi connectivity index (χ0) is 26.7. The van der Waals surface area contributed by atoms with Gasteiger partial charge in [-0.25, -0.2) is 23.4 Å². The predicted molar refractivity (Wildman–Crippen MR) is 132 cm³/mol. The number of hydrogen-bond acceptors (Lipinski definition) is 9. The number of alkyl halides is 2. The molecule has 0 bridgehead atoms. The van der Waals surface area contributed by atoms with Gasteiger partial charge in [0.25, 0.3) is 5.88 Å². The topological polar surface area (TPSA) is 129 Å². The number of aromatic nitrogens is 5. The van der Waals surface area contributed by atoms with Crippen LogP contribution >= 0.6 is 0 Å². The summed E-state index contributed by atoms with van der Waals surface area (Å²) in [5.74, 6) is 0.371. The zero-order valence-electron chi connectivity index (χ0n) is 19.7. The van der Waals surface area contributed by atoms with E-state index < -0.39 is 22.3 Å². The first kappa shape index (κ1) is 25.0. The van der Waals surface area contributed by atoms with Crippen molar-refractivity contribution >= 4 is 20.9 Å². The largest absolute Gasteiger partial charge is 0.452 e. The van der Waals surface area contributed by atoms with E-state index in [1.807, 2.05) is 6.07 Å². The van der Waals surface area contributed by atoms with Gasteiger partial charge in [0.2, 0.25) is 0 Å². The Balaban J connectivity index is 1.56. The van der Waals surface area contributed by atoms with Crippen molar-refractivity contribution in [2.75, 3.05) is 5.75 Å². The maximum atomic E-state index is 12.9. The molecule has 0 amide bonds. The Bertz CT molecular complexity index is 1680. The van der Waals surface area contributed by atoms with E-state index in [9.17, 15) is 17.2 Å². The summed E-state index contributed by atoms with van der Waals surface area (Å²) >= 11 is 0. The lowest BCUT2D eigenvalue weighted by Gasteiger charge is -2.14. The highest BCUT2D eigenvalue weighted by molar-refractivity contribution is 7.91. The molecule has 1 N–H and O–H groups in total. The lowest BCUT2D eigenvalue weighted by atomic mass is 10.2. The van der Waals surface area contributed by atoms with Crippen molar-refractivity contribution in [2.24, 2.45) is 0 Å². The molecule has 0 unspecified atom stereocenters. The monoisotopic (exact) mass is 539 g/mol. The Morgan fingerprint density at radius 3 is 2.45 bits per heavy atom. The Morgan fingerprint density at radius 1 is 0.921 bits per heavy atom. The van der Waals surface area contributed by atoms with Crippen molar-refractivity contribution in [3.63, 3.8) is 0 Å². The molecule has 38 heavy (non-hydrogen) atoms. The summed E-state index contributed by atoms with van der Waals surface area (Å²) in [6.45, 7) is -1.59. The molecule has 0 aliphatic rings. The van der Waals surface area contributed by atoms with E-state index in [-0.39, 0.29) is 33.8 Å². The van der Waals surface area contributed by atoms with Crippen LogP contribution in [0.5, 0.6) is 28.9 Å². The van der Waals surface area contributed by atoms with Crippen molar-refractivity contribution < 1.29 is 31.4 Å². The van der Waals surface area contributed by atoms with Crippen LogP contribution in [0.25, 0.3) is 22.6 Å². The number of nitrogens with zero attached hydrogens (tertiary/aromatic N) is 4. The van der Waals surface area contributed by atoms with Gasteiger partial charge in [-0.15, -0.1) is 0 Å². The van der Waals surface area contributed by atoms with Gasteiger partial charge in [0, 0.05) is 24.5 Å². The number of ether oxygens (including phenoxy) is 3. The van der Waals surface area contributed by atoms with Crippen LogP contribution in [-0.4, -0.2) is 45.7 Å². The average Bonchev–Trinajstić information content (AvgIpc) is 3.33. The van der Waals surface area contributed by atoms with Crippen molar-refractivity contribution in [2.45, 2.75) is 18.6 Å². The molecular weight excluding hydrogens is 520 g/mol. The summed E-state index contributed by atoms with van der Waals surface area (Å²) in [4.78, 5) is 19.8. The van der Waals surface area contributed by atoms with Gasteiger partial charge < -0.3 is 19.2 Å². The first-order valence-electron chi connectivity index (χ1n) is 11.2. The highest BCUT2D eigenvalue weighted by Gasteiger charge is 2.19. The van der Waals surface area contributed by atoms with Gasteiger partial charge in [-0.05, 0) is 36.4 Å². The number of halogens is 2. The van der Waals surface area contributed by atoms with Crippen molar-refractivity contribution in [1.82, 2.24) is 24.9 Å². The molecule has 0 spiro atoms. The Hall–Kier alpha value is -4.65. The molecule has 0 aliphatic heterocycles. The summed E-state index contributed by atoms with van der Waals surface area (Å²) in [5, 5.41) is -0.0861. The fraction of sp³-hybridized carbons (Fsp3) is 0.120. The van der Waals surface area contributed by atoms with Gasteiger partial charge in [0.1, 0.15) is 11.4 Å². The number of pyridine rings is 3. The molecule has 5 rings (SSSR count). The molecular formula is C25H19F2N5O5S. The van der Waals surface area contributed by atoms with Gasteiger partial charge in [-0.1, -0.05) is 13.0 Å². The van der Waals surface area contributed by atoms with Crippen molar-refractivity contribution in [3.05, 3.63) is 73.2 Å². The van der Waals surface area contributed by atoms with Crippen LogP contribution < -0.4 is 14.2 Å². The summed E-state index contributed by atoms with van der Waals surface area (Å²) in [7, 11) is -3.50. The standard InChI is InChI=1S/C25H19F2N5O5S/c1-2-38(33,34)22-9-8-15(14-30-22)35-20-12-17-18(32-23(31-17)16-6-3-4-10-28-16)13-21(20)36-19-7-5-11-29-24(19)37-25(26)27/h3-14,25H,2H2,1H3,(H,31,32). The molecule has 0 saturated carbocycles. The van der Waals surface area contributed by atoms with E-state index in [1.165, 1.54) is 43.6 Å². The number of sulfone groups is 1. The average molecular weight is 540 g/mol. The quantitative estimate of drug-likeness (QED) is 0.262. The van der Waals surface area contributed by atoms with Gasteiger partial charge in [-0.3, -0.25) is 4.98 Å². The normalized spacial score (nSPS) is 11.6. The second kappa shape index (κ2) is 10.4. The second-order valence-corrected chi connectivity index (χ2v) is 9.97. The molecule has 1 aromatic carbocycles. The van der Waals surface area contributed by atoms with Crippen LogP contribution in [0.1, 0.15) is 6.92 Å².